The molecule has 3 heterocycles. The molecular weight excluding hydrogens is 242 g/mol. The lowest BCUT2D eigenvalue weighted by Gasteiger charge is -2.01. The highest BCUT2D eigenvalue weighted by Crippen LogP contribution is 2.22. The largest absolute Gasteiger partial charge is 0.472 e. The third-order valence-electron chi connectivity index (χ3n) is 3.23. The zero-order chi connectivity index (χ0) is 12.4. The van der Waals surface area contributed by atoms with E-state index in [9.17, 15) is 0 Å². The molecule has 0 atom stereocenters. The molecule has 0 unspecified atom stereocenters. The quantitative estimate of drug-likeness (QED) is 0.747. The van der Waals surface area contributed by atoms with Gasteiger partial charge in [-0.05, 0) is 51.6 Å². The van der Waals surface area contributed by atoms with Crippen molar-refractivity contribution in [1.82, 2.24) is 4.98 Å². The average molecular weight is 257 g/mol. The summed E-state index contributed by atoms with van der Waals surface area (Å²) in [6.45, 7) is 2.16. The van der Waals surface area contributed by atoms with Crippen LogP contribution < -0.4 is 0 Å². The Bertz CT molecular complexity index is 619. The van der Waals surface area contributed by atoms with Crippen LogP contribution in [-0.2, 0) is 12.8 Å². The Hall–Kier alpha value is -1.74. The number of rotatable bonds is 4. The molecule has 2 nitrogen and oxygen atoms in total. The Morgan fingerprint density at radius 2 is 1.94 bits per heavy atom. The molecule has 0 aliphatic carbocycles. The predicted octanol–water partition coefficient (Wildman–Crippen LogP) is 4.16. The van der Waals surface area contributed by atoms with Crippen molar-refractivity contribution in [2.45, 2.75) is 19.8 Å². The van der Waals surface area contributed by atoms with Gasteiger partial charge in [-0.1, -0.05) is 0 Å². The van der Waals surface area contributed by atoms with Crippen LogP contribution in [-0.4, -0.2) is 4.98 Å². The summed E-state index contributed by atoms with van der Waals surface area (Å²) in [5.74, 6) is 0. The number of furan rings is 1. The highest BCUT2D eigenvalue weighted by molar-refractivity contribution is 7.08. The standard InChI is InChI=1S/C15H15NOS/c1-11-9-18-10-15(11)5-14-8-17-7-13(14)4-12-2-3-16-6-12/h2-3,6-10,16H,4-5H2,1H3. The summed E-state index contributed by atoms with van der Waals surface area (Å²) >= 11 is 1.76. The number of thiophene rings is 1. The molecule has 0 aliphatic rings. The second-order valence-electron chi connectivity index (χ2n) is 4.58. The summed E-state index contributed by atoms with van der Waals surface area (Å²) in [4.78, 5) is 3.09. The van der Waals surface area contributed by atoms with Crippen LogP contribution in [0.4, 0.5) is 0 Å². The van der Waals surface area contributed by atoms with E-state index in [0.717, 1.165) is 12.8 Å². The molecule has 0 spiro atoms. The number of H-pyrrole nitrogens is 1. The monoisotopic (exact) mass is 257 g/mol. The van der Waals surface area contributed by atoms with Gasteiger partial charge in [0.1, 0.15) is 0 Å². The average Bonchev–Trinajstić information content (AvgIpc) is 3.06. The van der Waals surface area contributed by atoms with Crippen molar-refractivity contribution in [3.05, 3.63) is 69.6 Å². The Kier molecular flexibility index (Phi) is 3.07. The molecule has 0 saturated heterocycles. The summed E-state index contributed by atoms with van der Waals surface area (Å²) in [5, 5.41) is 4.42. The third kappa shape index (κ3) is 2.27. The van der Waals surface area contributed by atoms with Gasteiger partial charge >= 0.3 is 0 Å². The van der Waals surface area contributed by atoms with E-state index >= 15 is 0 Å². The van der Waals surface area contributed by atoms with E-state index in [4.69, 9.17) is 4.42 Å². The van der Waals surface area contributed by atoms with Crippen LogP contribution in [0.25, 0.3) is 0 Å². The summed E-state index contributed by atoms with van der Waals surface area (Å²) < 4.78 is 5.38. The topological polar surface area (TPSA) is 28.9 Å². The van der Waals surface area contributed by atoms with E-state index in [-0.39, 0.29) is 0 Å². The minimum Gasteiger partial charge on any atom is -0.472 e. The zero-order valence-corrected chi connectivity index (χ0v) is 11.1. The maximum Gasteiger partial charge on any atom is 0.0940 e. The maximum atomic E-state index is 5.38. The molecule has 0 saturated carbocycles. The first kappa shape index (κ1) is 11.4. The van der Waals surface area contributed by atoms with Gasteiger partial charge in [0.2, 0.25) is 0 Å². The van der Waals surface area contributed by atoms with Crippen LogP contribution in [0.3, 0.4) is 0 Å². The van der Waals surface area contributed by atoms with Crippen molar-refractivity contribution in [2.24, 2.45) is 0 Å². The van der Waals surface area contributed by atoms with Crippen LogP contribution >= 0.6 is 11.3 Å². The Morgan fingerprint density at radius 1 is 1.11 bits per heavy atom. The lowest BCUT2D eigenvalue weighted by atomic mass is 10.0. The Labute approximate surface area is 110 Å². The lowest BCUT2D eigenvalue weighted by molar-refractivity contribution is 0.562. The number of nitrogens with one attached hydrogen (secondary N) is 1. The molecule has 3 heteroatoms. The minimum atomic E-state index is 0.929. The second kappa shape index (κ2) is 4.86. The number of aromatic nitrogens is 1. The van der Waals surface area contributed by atoms with Gasteiger partial charge in [0.15, 0.2) is 0 Å². The van der Waals surface area contributed by atoms with Crippen molar-refractivity contribution in [3.8, 4) is 0 Å². The van der Waals surface area contributed by atoms with Crippen molar-refractivity contribution in [1.29, 1.82) is 0 Å². The number of hydrogen-bond donors (Lipinski definition) is 1. The van der Waals surface area contributed by atoms with Gasteiger partial charge in [0.05, 0.1) is 12.5 Å². The molecule has 0 radical (unpaired) electrons. The molecule has 3 aromatic rings. The fourth-order valence-electron chi connectivity index (χ4n) is 2.12. The summed E-state index contributed by atoms with van der Waals surface area (Å²) in [7, 11) is 0. The normalized spacial score (nSPS) is 10.9. The molecule has 3 rings (SSSR count). The highest BCUT2D eigenvalue weighted by Gasteiger charge is 2.09. The molecule has 3 aromatic heterocycles. The Morgan fingerprint density at radius 3 is 2.61 bits per heavy atom. The van der Waals surface area contributed by atoms with E-state index in [1.165, 1.54) is 27.8 Å². The Balaban J connectivity index is 1.81. The molecule has 18 heavy (non-hydrogen) atoms. The van der Waals surface area contributed by atoms with Crippen molar-refractivity contribution >= 4 is 11.3 Å². The number of aryl methyl sites for hydroxylation is 1. The molecule has 0 fully saturated rings. The van der Waals surface area contributed by atoms with E-state index in [2.05, 4.69) is 28.7 Å². The smallest absolute Gasteiger partial charge is 0.0940 e. The van der Waals surface area contributed by atoms with E-state index < -0.39 is 0 Å². The van der Waals surface area contributed by atoms with Crippen LogP contribution in [0.15, 0.2) is 46.2 Å². The van der Waals surface area contributed by atoms with Gasteiger partial charge in [-0.15, -0.1) is 0 Å². The molecule has 1 N–H and O–H groups in total. The first-order chi connectivity index (χ1) is 8.83. The number of hydrogen-bond acceptors (Lipinski definition) is 2. The molecule has 0 amide bonds. The first-order valence-electron chi connectivity index (χ1n) is 6.00. The van der Waals surface area contributed by atoms with E-state index in [1.807, 2.05) is 24.9 Å². The molecule has 0 aliphatic heterocycles. The van der Waals surface area contributed by atoms with Crippen LogP contribution in [0.2, 0.25) is 0 Å². The van der Waals surface area contributed by atoms with Crippen LogP contribution in [0.1, 0.15) is 27.8 Å². The summed E-state index contributed by atoms with van der Waals surface area (Å²) in [6.07, 6.45) is 9.62. The van der Waals surface area contributed by atoms with Crippen LogP contribution in [0, 0.1) is 6.92 Å². The van der Waals surface area contributed by atoms with Gasteiger partial charge in [-0.3, -0.25) is 0 Å². The van der Waals surface area contributed by atoms with Crippen molar-refractivity contribution in [2.75, 3.05) is 0 Å². The first-order valence-corrected chi connectivity index (χ1v) is 6.94. The predicted molar refractivity (Wildman–Crippen MR) is 74.2 cm³/mol. The van der Waals surface area contributed by atoms with Gasteiger partial charge in [0, 0.05) is 25.2 Å². The maximum absolute atomic E-state index is 5.38. The lowest BCUT2D eigenvalue weighted by Crippen LogP contribution is -1.93. The van der Waals surface area contributed by atoms with Crippen molar-refractivity contribution < 1.29 is 4.42 Å². The van der Waals surface area contributed by atoms with Crippen LogP contribution in [0.5, 0.6) is 0 Å². The molecule has 92 valence electrons. The SMILES string of the molecule is Cc1cscc1Cc1cocc1Cc1cc[nH]c1. The highest BCUT2D eigenvalue weighted by atomic mass is 32.1. The fourth-order valence-corrected chi connectivity index (χ4v) is 2.98. The summed E-state index contributed by atoms with van der Waals surface area (Å²) in [5.41, 5.74) is 6.63. The van der Waals surface area contributed by atoms with E-state index in [0.29, 0.717) is 0 Å². The molecule has 0 bridgehead atoms. The van der Waals surface area contributed by atoms with Crippen molar-refractivity contribution in [3.63, 3.8) is 0 Å². The zero-order valence-electron chi connectivity index (χ0n) is 10.3. The summed E-state index contributed by atoms with van der Waals surface area (Å²) in [6, 6.07) is 2.10. The van der Waals surface area contributed by atoms with Gasteiger partial charge < -0.3 is 9.40 Å². The van der Waals surface area contributed by atoms with Gasteiger partial charge in [-0.2, -0.15) is 11.3 Å². The fraction of sp³-hybridized carbons (Fsp3) is 0.200. The number of aromatic amines is 1. The molecule has 0 aromatic carbocycles. The van der Waals surface area contributed by atoms with Gasteiger partial charge in [-0.25, -0.2) is 0 Å². The third-order valence-corrected chi connectivity index (χ3v) is 4.14. The van der Waals surface area contributed by atoms with Gasteiger partial charge in [0.25, 0.3) is 0 Å². The van der Waals surface area contributed by atoms with E-state index in [1.54, 1.807) is 11.3 Å². The minimum absolute atomic E-state index is 0.929. The molecular formula is C15H15NOS. The second-order valence-corrected chi connectivity index (χ2v) is 5.32.